The largest absolute Gasteiger partial charge is 0.478 e. The molecule has 0 spiro atoms. The van der Waals surface area contributed by atoms with E-state index in [0.29, 0.717) is 32.0 Å². The number of ether oxygens (including phenoxy) is 1. The lowest BCUT2D eigenvalue weighted by atomic mass is 10.2. The number of carbonyl (C=O) groups is 2. The molecule has 0 bridgehead atoms. The molecule has 1 aliphatic rings. The number of hydrogen-bond acceptors (Lipinski definition) is 5. The van der Waals surface area contributed by atoms with Gasteiger partial charge in [0.05, 0.1) is 5.56 Å². The molecule has 0 unspecified atom stereocenters. The number of carboxylic acid groups (broad SMARTS) is 1. The lowest BCUT2D eigenvalue weighted by Gasteiger charge is -2.36. The average Bonchev–Trinajstić information content (AvgIpc) is 2.46. The molecule has 0 atom stereocenters. The molecule has 22 heavy (non-hydrogen) atoms. The fraction of sp³-hybridized carbons (Fsp3) is 0.533. The summed E-state index contributed by atoms with van der Waals surface area (Å²) in [6, 6.07) is 3.01. The van der Waals surface area contributed by atoms with Crippen LogP contribution in [0.2, 0.25) is 0 Å². The fourth-order valence-electron chi connectivity index (χ4n) is 2.17. The van der Waals surface area contributed by atoms with E-state index in [1.807, 2.05) is 25.7 Å². The highest BCUT2D eigenvalue weighted by Gasteiger charge is 2.26. The van der Waals surface area contributed by atoms with Crippen LogP contribution in [0.15, 0.2) is 18.3 Å². The molecule has 1 amide bonds. The molecule has 1 aliphatic heterocycles. The number of aromatic nitrogens is 1. The molecule has 7 nitrogen and oxygen atoms in total. The van der Waals surface area contributed by atoms with Gasteiger partial charge in [-0.3, -0.25) is 0 Å². The summed E-state index contributed by atoms with van der Waals surface area (Å²) in [5, 5.41) is 9.01. The Hall–Kier alpha value is -2.31. The summed E-state index contributed by atoms with van der Waals surface area (Å²) in [4.78, 5) is 30.8. The zero-order valence-corrected chi connectivity index (χ0v) is 13.1. The number of rotatable bonds is 2. The van der Waals surface area contributed by atoms with Crippen molar-refractivity contribution < 1.29 is 19.4 Å². The molecule has 0 radical (unpaired) electrons. The van der Waals surface area contributed by atoms with Crippen LogP contribution in [0, 0.1) is 0 Å². The minimum atomic E-state index is -0.976. The Morgan fingerprint density at radius 1 is 1.23 bits per heavy atom. The summed E-state index contributed by atoms with van der Waals surface area (Å²) in [6.45, 7) is 7.74. The highest BCUT2D eigenvalue weighted by Crippen LogP contribution is 2.17. The fourth-order valence-corrected chi connectivity index (χ4v) is 2.17. The van der Waals surface area contributed by atoms with Crippen LogP contribution in [0.3, 0.4) is 0 Å². The van der Waals surface area contributed by atoms with Gasteiger partial charge in [0.2, 0.25) is 0 Å². The maximum atomic E-state index is 12.0. The van der Waals surface area contributed by atoms with E-state index in [0.717, 1.165) is 0 Å². The average molecular weight is 307 g/mol. The lowest BCUT2D eigenvalue weighted by molar-refractivity contribution is 0.0240. The van der Waals surface area contributed by atoms with E-state index in [4.69, 9.17) is 9.84 Å². The van der Waals surface area contributed by atoms with Crippen LogP contribution >= 0.6 is 0 Å². The van der Waals surface area contributed by atoms with Crippen LogP contribution in [-0.4, -0.2) is 58.8 Å². The first-order chi connectivity index (χ1) is 10.3. The van der Waals surface area contributed by atoms with Gasteiger partial charge < -0.3 is 19.6 Å². The standard InChI is InChI=1S/C15H21N3O4/c1-15(2,3)22-14(21)18-8-6-17(7-9-18)12-10-11(13(19)20)4-5-16-12/h4-5,10H,6-9H2,1-3H3,(H,19,20). The Morgan fingerprint density at radius 2 is 1.86 bits per heavy atom. The van der Waals surface area contributed by atoms with Crippen molar-refractivity contribution >= 4 is 17.9 Å². The molecule has 1 saturated heterocycles. The van der Waals surface area contributed by atoms with E-state index in [1.165, 1.54) is 12.3 Å². The highest BCUT2D eigenvalue weighted by atomic mass is 16.6. The van der Waals surface area contributed by atoms with Crippen molar-refractivity contribution in [1.29, 1.82) is 0 Å². The third kappa shape index (κ3) is 4.09. The second-order valence-corrected chi connectivity index (χ2v) is 6.16. The normalized spacial score (nSPS) is 15.6. The van der Waals surface area contributed by atoms with Gasteiger partial charge in [-0.2, -0.15) is 0 Å². The number of amides is 1. The molecule has 0 aromatic carbocycles. The summed E-state index contributed by atoms with van der Waals surface area (Å²) >= 11 is 0. The molecule has 1 aromatic heterocycles. The maximum Gasteiger partial charge on any atom is 0.410 e. The minimum Gasteiger partial charge on any atom is -0.478 e. The molecular formula is C15H21N3O4. The Morgan fingerprint density at radius 3 is 2.41 bits per heavy atom. The predicted molar refractivity (Wildman–Crippen MR) is 81.2 cm³/mol. The van der Waals surface area contributed by atoms with Crippen molar-refractivity contribution in [3.63, 3.8) is 0 Å². The van der Waals surface area contributed by atoms with Crippen molar-refractivity contribution in [1.82, 2.24) is 9.88 Å². The van der Waals surface area contributed by atoms with Gasteiger partial charge in [-0.1, -0.05) is 0 Å². The SMILES string of the molecule is CC(C)(C)OC(=O)N1CCN(c2cc(C(=O)O)ccn2)CC1. The van der Waals surface area contributed by atoms with Gasteiger partial charge in [-0.25, -0.2) is 14.6 Å². The molecule has 1 N–H and O–H groups in total. The van der Waals surface area contributed by atoms with Crippen molar-refractivity contribution in [2.24, 2.45) is 0 Å². The number of anilines is 1. The van der Waals surface area contributed by atoms with Gasteiger partial charge in [-0.15, -0.1) is 0 Å². The summed E-state index contributed by atoms with van der Waals surface area (Å²) in [5.41, 5.74) is -0.300. The molecule has 0 saturated carbocycles. The van der Waals surface area contributed by atoms with Gasteiger partial charge in [0.15, 0.2) is 0 Å². The van der Waals surface area contributed by atoms with Crippen LogP contribution in [0.4, 0.5) is 10.6 Å². The second-order valence-electron chi connectivity index (χ2n) is 6.16. The van der Waals surface area contributed by atoms with Crippen molar-refractivity contribution in [3.05, 3.63) is 23.9 Å². The minimum absolute atomic E-state index is 0.208. The first-order valence-electron chi connectivity index (χ1n) is 7.18. The topological polar surface area (TPSA) is 83.0 Å². The Labute approximate surface area is 129 Å². The van der Waals surface area contributed by atoms with Crippen molar-refractivity contribution in [2.45, 2.75) is 26.4 Å². The van der Waals surface area contributed by atoms with Gasteiger partial charge in [0.1, 0.15) is 11.4 Å². The van der Waals surface area contributed by atoms with Gasteiger partial charge in [-0.05, 0) is 32.9 Å². The zero-order chi connectivity index (χ0) is 16.3. The zero-order valence-electron chi connectivity index (χ0n) is 13.1. The molecule has 7 heteroatoms. The number of hydrogen-bond donors (Lipinski definition) is 1. The third-order valence-electron chi connectivity index (χ3n) is 3.25. The number of carbonyl (C=O) groups excluding carboxylic acids is 1. The Balaban J connectivity index is 1.96. The summed E-state index contributed by atoms with van der Waals surface area (Å²) in [5.74, 6) is -0.361. The van der Waals surface area contributed by atoms with E-state index in [9.17, 15) is 9.59 Å². The van der Waals surface area contributed by atoms with Crippen LogP contribution in [-0.2, 0) is 4.74 Å². The summed E-state index contributed by atoms with van der Waals surface area (Å²) in [7, 11) is 0. The number of pyridine rings is 1. The molecule has 120 valence electrons. The number of piperazine rings is 1. The van der Waals surface area contributed by atoms with E-state index in [-0.39, 0.29) is 11.7 Å². The first kappa shape index (κ1) is 16.1. The monoisotopic (exact) mass is 307 g/mol. The molecule has 1 fully saturated rings. The summed E-state index contributed by atoms with van der Waals surface area (Å²) in [6.07, 6.45) is 1.17. The highest BCUT2D eigenvalue weighted by molar-refractivity contribution is 5.88. The van der Waals surface area contributed by atoms with Crippen molar-refractivity contribution in [3.8, 4) is 0 Å². The number of aromatic carboxylic acids is 1. The second kappa shape index (κ2) is 6.21. The van der Waals surface area contributed by atoms with Crippen LogP contribution < -0.4 is 4.90 Å². The third-order valence-corrected chi connectivity index (χ3v) is 3.25. The van der Waals surface area contributed by atoms with Gasteiger partial charge in [0.25, 0.3) is 0 Å². The van der Waals surface area contributed by atoms with Gasteiger partial charge >= 0.3 is 12.1 Å². The van der Waals surface area contributed by atoms with Crippen LogP contribution in [0.1, 0.15) is 31.1 Å². The van der Waals surface area contributed by atoms with E-state index in [2.05, 4.69) is 4.98 Å². The van der Waals surface area contributed by atoms with Gasteiger partial charge in [0, 0.05) is 32.4 Å². The molecule has 1 aromatic rings. The van der Waals surface area contributed by atoms with Crippen LogP contribution in [0.5, 0.6) is 0 Å². The van der Waals surface area contributed by atoms with E-state index < -0.39 is 11.6 Å². The van der Waals surface area contributed by atoms with Crippen LogP contribution in [0.25, 0.3) is 0 Å². The summed E-state index contributed by atoms with van der Waals surface area (Å²) < 4.78 is 5.34. The van der Waals surface area contributed by atoms with E-state index >= 15 is 0 Å². The smallest absolute Gasteiger partial charge is 0.410 e. The Bertz CT molecular complexity index is 560. The number of carboxylic acids is 1. The maximum absolute atomic E-state index is 12.0. The molecular weight excluding hydrogens is 286 g/mol. The Kier molecular flexibility index (Phi) is 4.54. The van der Waals surface area contributed by atoms with E-state index in [1.54, 1.807) is 11.0 Å². The molecule has 2 rings (SSSR count). The predicted octanol–water partition coefficient (Wildman–Crippen LogP) is 1.84. The molecule has 0 aliphatic carbocycles. The first-order valence-corrected chi connectivity index (χ1v) is 7.18. The molecule has 2 heterocycles. The lowest BCUT2D eigenvalue weighted by Crippen LogP contribution is -2.50. The van der Waals surface area contributed by atoms with Crippen molar-refractivity contribution in [2.75, 3.05) is 31.1 Å². The quantitative estimate of drug-likeness (QED) is 0.897. The number of nitrogens with zero attached hydrogens (tertiary/aromatic N) is 3.